The van der Waals surface area contributed by atoms with Crippen LogP contribution in [0.25, 0.3) is 0 Å². The monoisotopic (exact) mass is 242 g/mol. The molecule has 0 aliphatic carbocycles. The summed E-state index contributed by atoms with van der Waals surface area (Å²) in [6.07, 6.45) is 3.27. The highest BCUT2D eigenvalue weighted by atomic mass is 16.7. The van der Waals surface area contributed by atoms with Gasteiger partial charge in [-0.1, -0.05) is 13.8 Å². The number of rotatable bonds is 5. The first kappa shape index (κ1) is 13.7. The van der Waals surface area contributed by atoms with E-state index in [9.17, 15) is 4.79 Å². The molecule has 0 aromatic rings. The van der Waals surface area contributed by atoms with Crippen molar-refractivity contribution in [3.63, 3.8) is 0 Å². The smallest absolute Gasteiger partial charge is 0.432 e. The number of hydrogen-bond acceptors (Lipinski definition) is 5. The minimum absolute atomic E-state index is 0.111. The van der Waals surface area contributed by atoms with E-state index in [0.29, 0.717) is 19.1 Å². The molecule has 0 spiro atoms. The van der Waals surface area contributed by atoms with Gasteiger partial charge in [0.1, 0.15) is 12.7 Å². The quantitative estimate of drug-likeness (QED) is 0.688. The third kappa shape index (κ3) is 4.97. The summed E-state index contributed by atoms with van der Waals surface area (Å²) < 4.78 is 10.1. The summed E-state index contributed by atoms with van der Waals surface area (Å²) in [7, 11) is 2.00. The molecule has 5 heteroatoms. The summed E-state index contributed by atoms with van der Waals surface area (Å²) >= 11 is 0. The molecule has 1 aliphatic heterocycles. The topological polar surface area (TPSA) is 42.0 Å². The van der Waals surface area contributed by atoms with E-state index in [4.69, 9.17) is 9.47 Å². The van der Waals surface area contributed by atoms with Gasteiger partial charge in [-0.3, -0.25) is 0 Å². The van der Waals surface area contributed by atoms with Crippen LogP contribution in [-0.2, 0) is 9.47 Å². The second-order valence-corrected chi connectivity index (χ2v) is 4.67. The van der Waals surface area contributed by atoms with E-state index < -0.39 is 6.16 Å². The zero-order valence-electron chi connectivity index (χ0n) is 11.0. The van der Waals surface area contributed by atoms with Gasteiger partial charge in [-0.05, 0) is 12.8 Å². The number of ether oxygens (including phenoxy) is 2. The fourth-order valence-corrected chi connectivity index (χ4v) is 1.30. The van der Waals surface area contributed by atoms with Crippen LogP contribution in [0.2, 0.25) is 0 Å². The SMILES string of the molecule is CC(C)[C@@H](C)OC(=O)OCCN1C=CN(C)C1. The van der Waals surface area contributed by atoms with E-state index in [1.165, 1.54) is 0 Å². The second-order valence-electron chi connectivity index (χ2n) is 4.67. The maximum atomic E-state index is 11.3. The number of carbonyl (C=O) groups is 1. The molecular formula is C12H22N2O3. The van der Waals surface area contributed by atoms with Crippen molar-refractivity contribution in [3.05, 3.63) is 12.4 Å². The fourth-order valence-electron chi connectivity index (χ4n) is 1.30. The second kappa shape index (κ2) is 6.37. The Morgan fingerprint density at radius 3 is 2.59 bits per heavy atom. The van der Waals surface area contributed by atoms with Crippen molar-refractivity contribution in [2.24, 2.45) is 5.92 Å². The molecule has 0 fully saturated rings. The minimum atomic E-state index is -0.581. The standard InChI is InChI=1S/C12H22N2O3/c1-10(2)11(3)17-12(15)16-8-7-14-6-5-13(4)9-14/h5-6,10-11H,7-9H2,1-4H3/t11-/m1/s1. The van der Waals surface area contributed by atoms with Gasteiger partial charge in [-0.15, -0.1) is 0 Å². The lowest BCUT2D eigenvalue weighted by Crippen LogP contribution is -2.28. The van der Waals surface area contributed by atoms with Crippen molar-refractivity contribution in [2.75, 3.05) is 26.9 Å². The highest BCUT2D eigenvalue weighted by Gasteiger charge is 2.14. The average molecular weight is 242 g/mol. The molecule has 1 aliphatic rings. The molecule has 17 heavy (non-hydrogen) atoms. The molecule has 0 bridgehead atoms. The molecule has 0 saturated carbocycles. The van der Waals surface area contributed by atoms with Crippen molar-refractivity contribution >= 4 is 6.16 Å². The van der Waals surface area contributed by atoms with Crippen LogP contribution in [0.1, 0.15) is 20.8 Å². The van der Waals surface area contributed by atoms with Crippen LogP contribution in [0.3, 0.4) is 0 Å². The van der Waals surface area contributed by atoms with Gasteiger partial charge in [0.2, 0.25) is 0 Å². The van der Waals surface area contributed by atoms with Crippen molar-refractivity contribution in [1.29, 1.82) is 0 Å². The van der Waals surface area contributed by atoms with Gasteiger partial charge in [0.05, 0.1) is 13.2 Å². The third-order valence-corrected chi connectivity index (χ3v) is 2.76. The Labute approximate surface area is 103 Å². The van der Waals surface area contributed by atoms with E-state index in [-0.39, 0.29) is 6.10 Å². The molecule has 0 saturated heterocycles. The van der Waals surface area contributed by atoms with Gasteiger partial charge in [-0.2, -0.15) is 0 Å². The highest BCUT2D eigenvalue weighted by Crippen LogP contribution is 2.07. The van der Waals surface area contributed by atoms with E-state index in [1.807, 2.05) is 40.2 Å². The maximum Gasteiger partial charge on any atom is 0.508 e. The minimum Gasteiger partial charge on any atom is -0.432 e. The molecule has 5 nitrogen and oxygen atoms in total. The number of nitrogens with zero attached hydrogens (tertiary/aromatic N) is 2. The molecule has 0 N–H and O–H groups in total. The van der Waals surface area contributed by atoms with Crippen molar-refractivity contribution < 1.29 is 14.3 Å². The zero-order valence-corrected chi connectivity index (χ0v) is 11.0. The lowest BCUT2D eigenvalue weighted by atomic mass is 10.1. The van der Waals surface area contributed by atoms with E-state index in [0.717, 1.165) is 6.67 Å². The molecule has 0 aromatic heterocycles. The summed E-state index contributed by atoms with van der Waals surface area (Å²) in [4.78, 5) is 15.4. The van der Waals surface area contributed by atoms with E-state index >= 15 is 0 Å². The lowest BCUT2D eigenvalue weighted by molar-refractivity contribution is 0.0119. The predicted octanol–water partition coefficient (Wildman–Crippen LogP) is 1.86. The average Bonchev–Trinajstić information content (AvgIpc) is 2.64. The van der Waals surface area contributed by atoms with Crippen LogP contribution in [0.15, 0.2) is 12.4 Å². The van der Waals surface area contributed by atoms with Crippen molar-refractivity contribution in [2.45, 2.75) is 26.9 Å². The van der Waals surface area contributed by atoms with Crippen LogP contribution in [0, 0.1) is 5.92 Å². The Morgan fingerprint density at radius 1 is 1.35 bits per heavy atom. The number of hydrogen-bond donors (Lipinski definition) is 0. The molecule has 1 atom stereocenters. The van der Waals surface area contributed by atoms with Gasteiger partial charge in [0.25, 0.3) is 0 Å². The Kier molecular flexibility index (Phi) is 5.12. The summed E-state index contributed by atoms with van der Waals surface area (Å²) in [5, 5.41) is 0. The first-order valence-corrected chi connectivity index (χ1v) is 5.95. The summed E-state index contributed by atoms with van der Waals surface area (Å²) in [5.41, 5.74) is 0. The van der Waals surface area contributed by atoms with Gasteiger partial charge < -0.3 is 19.3 Å². The third-order valence-electron chi connectivity index (χ3n) is 2.76. The Morgan fingerprint density at radius 2 is 2.06 bits per heavy atom. The Balaban J connectivity index is 2.10. The van der Waals surface area contributed by atoms with Crippen LogP contribution < -0.4 is 0 Å². The highest BCUT2D eigenvalue weighted by molar-refractivity contribution is 5.60. The van der Waals surface area contributed by atoms with E-state index in [2.05, 4.69) is 9.80 Å². The predicted molar refractivity (Wildman–Crippen MR) is 65.2 cm³/mol. The molecule has 1 rings (SSSR count). The molecule has 0 amide bonds. The van der Waals surface area contributed by atoms with Gasteiger partial charge in [0, 0.05) is 19.4 Å². The van der Waals surface area contributed by atoms with Gasteiger partial charge in [-0.25, -0.2) is 4.79 Å². The molecular weight excluding hydrogens is 220 g/mol. The lowest BCUT2D eigenvalue weighted by Gasteiger charge is -2.19. The van der Waals surface area contributed by atoms with Crippen LogP contribution in [0.5, 0.6) is 0 Å². The largest absolute Gasteiger partial charge is 0.508 e. The Hall–Kier alpha value is -1.39. The van der Waals surface area contributed by atoms with Crippen LogP contribution in [-0.4, -0.2) is 48.9 Å². The maximum absolute atomic E-state index is 11.3. The van der Waals surface area contributed by atoms with Gasteiger partial charge >= 0.3 is 6.16 Å². The van der Waals surface area contributed by atoms with E-state index in [1.54, 1.807) is 0 Å². The molecule has 98 valence electrons. The number of carbonyl (C=O) groups excluding carboxylic acids is 1. The van der Waals surface area contributed by atoms with Crippen molar-refractivity contribution in [1.82, 2.24) is 9.80 Å². The zero-order chi connectivity index (χ0) is 12.8. The van der Waals surface area contributed by atoms with Crippen LogP contribution in [0.4, 0.5) is 4.79 Å². The summed E-state index contributed by atoms with van der Waals surface area (Å²) in [6.45, 7) is 7.74. The normalized spacial score (nSPS) is 16.5. The summed E-state index contributed by atoms with van der Waals surface area (Å²) in [6, 6.07) is 0. The molecule has 0 radical (unpaired) electrons. The summed E-state index contributed by atoms with van der Waals surface area (Å²) in [5.74, 6) is 0.303. The Bertz CT molecular complexity index is 279. The van der Waals surface area contributed by atoms with Crippen molar-refractivity contribution in [3.8, 4) is 0 Å². The van der Waals surface area contributed by atoms with Gasteiger partial charge in [0.15, 0.2) is 0 Å². The molecule has 0 unspecified atom stereocenters. The van der Waals surface area contributed by atoms with Crippen LogP contribution >= 0.6 is 0 Å². The fraction of sp³-hybridized carbons (Fsp3) is 0.750. The first-order valence-electron chi connectivity index (χ1n) is 5.95. The molecule has 1 heterocycles. The first-order chi connectivity index (χ1) is 7.99. The molecule has 0 aromatic carbocycles.